The molecule has 1 heterocycles. The number of hydrogen-bond acceptors (Lipinski definition) is 3. The van der Waals surface area contributed by atoms with Crippen LogP contribution in [0.2, 0.25) is 0 Å². The molecule has 6 heteroatoms. The van der Waals surface area contributed by atoms with E-state index in [0.29, 0.717) is 12.1 Å². The van der Waals surface area contributed by atoms with Crippen molar-refractivity contribution in [3.05, 3.63) is 40.9 Å². The van der Waals surface area contributed by atoms with E-state index in [1.54, 1.807) is 12.1 Å². The number of carbonyl (C=O) groups excluding carboxylic acids is 3. The standard InChI is InChI=1S/C20H21BrN2O3/c1-2-15(18(24)22-14-9-7-13(21)8-10-14)23-19(25)16-11-3-4-12(6-5-11)17(16)20(23)26/h3-4,7-12,15-17H,2,5-6H2,1H3,(H,22,24)/t11-,12-,15+,16-,17-/m0/s1. The smallest absolute Gasteiger partial charge is 0.247 e. The highest BCUT2D eigenvalue weighted by atomic mass is 79.9. The fourth-order valence-corrected chi connectivity index (χ4v) is 4.91. The number of imide groups is 1. The second kappa shape index (κ2) is 6.65. The van der Waals surface area contributed by atoms with Crippen LogP contribution in [0.4, 0.5) is 5.69 Å². The Hall–Kier alpha value is -1.95. The molecule has 2 bridgehead atoms. The summed E-state index contributed by atoms with van der Waals surface area (Å²) in [6, 6.07) is 6.48. The summed E-state index contributed by atoms with van der Waals surface area (Å²) < 4.78 is 0.916. The normalized spacial score (nSPS) is 30.5. The van der Waals surface area contributed by atoms with Crippen LogP contribution in [0.1, 0.15) is 26.2 Å². The van der Waals surface area contributed by atoms with E-state index in [0.717, 1.165) is 17.3 Å². The van der Waals surface area contributed by atoms with E-state index in [9.17, 15) is 14.4 Å². The van der Waals surface area contributed by atoms with E-state index in [-0.39, 0.29) is 41.4 Å². The maximum atomic E-state index is 13.0. The number of fused-ring (bicyclic) bond motifs is 1. The first-order valence-electron chi connectivity index (χ1n) is 9.13. The number of rotatable bonds is 4. The number of benzene rings is 1. The van der Waals surface area contributed by atoms with Crippen molar-refractivity contribution < 1.29 is 14.4 Å². The minimum absolute atomic E-state index is 0.137. The first-order chi connectivity index (χ1) is 12.5. The maximum Gasteiger partial charge on any atom is 0.247 e. The Kier molecular flexibility index (Phi) is 4.47. The molecule has 1 N–H and O–H groups in total. The van der Waals surface area contributed by atoms with Gasteiger partial charge in [0.15, 0.2) is 0 Å². The Bertz CT molecular complexity index is 757. The highest BCUT2D eigenvalue weighted by Gasteiger charge is 2.58. The molecule has 1 saturated heterocycles. The van der Waals surface area contributed by atoms with Gasteiger partial charge in [0.05, 0.1) is 11.8 Å². The minimum Gasteiger partial charge on any atom is -0.324 e. The van der Waals surface area contributed by atoms with Gasteiger partial charge in [-0.2, -0.15) is 0 Å². The molecule has 3 amide bonds. The van der Waals surface area contributed by atoms with Crippen molar-refractivity contribution >= 4 is 39.3 Å². The molecule has 5 atom stereocenters. The lowest BCUT2D eigenvalue weighted by molar-refractivity contribution is -0.146. The van der Waals surface area contributed by atoms with E-state index in [1.165, 1.54) is 4.90 Å². The number of nitrogens with one attached hydrogen (secondary N) is 1. The molecule has 0 radical (unpaired) electrons. The van der Waals surface area contributed by atoms with Gasteiger partial charge in [-0.3, -0.25) is 19.3 Å². The van der Waals surface area contributed by atoms with Gasteiger partial charge >= 0.3 is 0 Å². The number of anilines is 1. The molecular weight excluding hydrogens is 396 g/mol. The molecule has 3 aliphatic carbocycles. The summed E-state index contributed by atoms with van der Waals surface area (Å²) >= 11 is 3.36. The van der Waals surface area contributed by atoms with Gasteiger partial charge in [0.2, 0.25) is 17.7 Å². The zero-order valence-corrected chi connectivity index (χ0v) is 16.1. The minimum atomic E-state index is -0.761. The Morgan fingerprint density at radius 1 is 1.12 bits per heavy atom. The van der Waals surface area contributed by atoms with Crippen molar-refractivity contribution in [2.24, 2.45) is 23.7 Å². The second-order valence-electron chi connectivity index (χ2n) is 7.31. The number of nitrogens with zero attached hydrogens (tertiary/aromatic N) is 1. The molecule has 136 valence electrons. The predicted molar refractivity (Wildman–Crippen MR) is 101 cm³/mol. The largest absolute Gasteiger partial charge is 0.324 e. The van der Waals surface area contributed by atoms with E-state index < -0.39 is 6.04 Å². The average molecular weight is 417 g/mol. The number of halogens is 1. The molecule has 0 unspecified atom stereocenters. The van der Waals surface area contributed by atoms with Crippen LogP contribution < -0.4 is 5.32 Å². The number of carbonyl (C=O) groups is 3. The summed E-state index contributed by atoms with van der Waals surface area (Å²) in [5.41, 5.74) is 0.648. The Morgan fingerprint density at radius 2 is 1.65 bits per heavy atom. The molecular formula is C20H21BrN2O3. The maximum absolute atomic E-state index is 13.0. The first kappa shape index (κ1) is 17.5. The van der Waals surface area contributed by atoms with E-state index >= 15 is 0 Å². The lowest BCUT2D eigenvalue weighted by Crippen LogP contribution is -2.47. The van der Waals surface area contributed by atoms with Crippen LogP contribution in [0.5, 0.6) is 0 Å². The molecule has 1 aliphatic heterocycles. The summed E-state index contributed by atoms with van der Waals surface area (Å²) in [5.74, 6) is -0.928. The first-order valence-corrected chi connectivity index (χ1v) is 9.92. The van der Waals surface area contributed by atoms with Gasteiger partial charge in [-0.05, 0) is 55.4 Å². The van der Waals surface area contributed by atoms with Crippen molar-refractivity contribution in [2.75, 3.05) is 5.32 Å². The third kappa shape index (κ3) is 2.71. The summed E-state index contributed by atoms with van der Waals surface area (Å²) in [4.78, 5) is 40.1. The van der Waals surface area contributed by atoms with Gasteiger partial charge < -0.3 is 5.32 Å². The van der Waals surface area contributed by atoms with Gasteiger partial charge in [-0.15, -0.1) is 0 Å². The van der Waals surface area contributed by atoms with Crippen LogP contribution >= 0.6 is 15.9 Å². The van der Waals surface area contributed by atoms with Gasteiger partial charge in [0.25, 0.3) is 0 Å². The molecule has 1 aromatic rings. The zero-order chi connectivity index (χ0) is 18.4. The predicted octanol–water partition coefficient (Wildman–Crippen LogP) is 3.36. The lowest BCUT2D eigenvalue weighted by atomic mass is 9.63. The Balaban J connectivity index is 1.56. The molecule has 5 nitrogen and oxygen atoms in total. The summed E-state index contributed by atoms with van der Waals surface area (Å²) in [6.45, 7) is 1.83. The van der Waals surface area contributed by atoms with Gasteiger partial charge in [0.1, 0.15) is 6.04 Å². The molecule has 0 aromatic heterocycles. The quantitative estimate of drug-likeness (QED) is 0.604. The van der Waals surface area contributed by atoms with E-state index in [1.807, 2.05) is 19.1 Å². The molecule has 0 spiro atoms. The van der Waals surface area contributed by atoms with Gasteiger partial charge in [-0.25, -0.2) is 0 Å². The topological polar surface area (TPSA) is 66.5 Å². The van der Waals surface area contributed by atoms with Crippen LogP contribution in [0.3, 0.4) is 0 Å². The summed E-state index contributed by atoms with van der Waals surface area (Å²) in [6.07, 6.45) is 6.50. The molecule has 1 aromatic carbocycles. The SMILES string of the molecule is CC[C@H](C(=O)Nc1ccc(Br)cc1)N1C(=O)[C@@H]2[C@@H](C1=O)[C@H]1C=C[C@H]2CC1. The Morgan fingerprint density at radius 3 is 2.12 bits per heavy atom. The molecule has 2 fully saturated rings. The highest BCUT2D eigenvalue weighted by molar-refractivity contribution is 9.10. The number of amides is 3. The number of likely N-dealkylation sites (tertiary alicyclic amines) is 1. The van der Waals surface area contributed by atoms with E-state index in [4.69, 9.17) is 0 Å². The third-order valence-corrected chi connectivity index (χ3v) is 6.43. The monoisotopic (exact) mass is 416 g/mol. The molecule has 26 heavy (non-hydrogen) atoms. The van der Waals surface area contributed by atoms with Crippen molar-refractivity contribution in [2.45, 2.75) is 32.2 Å². The van der Waals surface area contributed by atoms with E-state index in [2.05, 4.69) is 33.4 Å². The number of hydrogen-bond donors (Lipinski definition) is 1. The fourth-order valence-electron chi connectivity index (χ4n) is 4.65. The van der Waals surface area contributed by atoms with Crippen LogP contribution in [-0.4, -0.2) is 28.7 Å². The summed E-state index contributed by atoms with van der Waals surface area (Å²) in [5, 5.41) is 2.84. The Labute approximate surface area is 160 Å². The fraction of sp³-hybridized carbons (Fsp3) is 0.450. The van der Waals surface area contributed by atoms with Gasteiger partial charge in [-0.1, -0.05) is 35.0 Å². The van der Waals surface area contributed by atoms with Crippen LogP contribution in [0.15, 0.2) is 40.9 Å². The highest BCUT2D eigenvalue weighted by Crippen LogP contribution is 2.50. The lowest BCUT2D eigenvalue weighted by Gasteiger charge is -2.38. The van der Waals surface area contributed by atoms with Crippen molar-refractivity contribution in [1.29, 1.82) is 0 Å². The van der Waals surface area contributed by atoms with Crippen molar-refractivity contribution in [3.8, 4) is 0 Å². The molecule has 5 rings (SSSR count). The third-order valence-electron chi connectivity index (χ3n) is 5.91. The molecule has 1 saturated carbocycles. The van der Waals surface area contributed by atoms with Crippen LogP contribution in [0.25, 0.3) is 0 Å². The average Bonchev–Trinajstić information content (AvgIpc) is 2.93. The molecule has 4 aliphatic rings. The van der Waals surface area contributed by atoms with Gasteiger partial charge in [0, 0.05) is 10.2 Å². The second-order valence-corrected chi connectivity index (χ2v) is 8.22. The number of allylic oxidation sites excluding steroid dienone is 2. The van der Waals surface area contributed by atoms with Crippen LogP contribution in [-0.2, 0) is 14.4 Å². The van der Waals surface area contributed by atoms with Crippen molar-refractivity contribution in [3.63, 3.8) is 0 Å². The van der Waals surface area contributed by atoms with Crippen LogP contribution in [0, 0.1) is 23.7 Å². The van der Waals surface area contributed by atoms with Crippen molar-refractivity contribution in [1.82, 2.24) is 4.90 Å². The zero-order valence-electron chi connectivity index (χ0n) is 14.5. The summed E-state index contributed by atoms with van der Waals surface area (Å²) in [7, 11) is 0.